The first-order chi connectivity index (χ1) is 8.70. The van der Waals surface area contributed by atoms with Crippen LogP contribution in [0.3, 0.4) is 0 Å². The summed E-state index contributed by atoms with van der Waals surface area (Å²) >= 11 is 5.82. The van der Waals surface area contributed by atoms with E-state index in [-0.39, 0.29) is 12.1 Å². The smallest absolute Gasteiger partial charge is 0.331 e. The zero-order chi connectivity index (χ0) is 13.0. The number of carbonyl (C=O) groups excluding carboxylic acids is 1. The van der Waals surface area contributed by atoms with Crippen LogP contribution in [0.15, 0.2) is 24.3 Å². The SMILES string of the molecule is COC(=O)C(Nc1ccc(Cl)cc1)C1CCCO1. The summed E-state index contributed by atoms with van der Waals surface area (Å²) in [5, 5.41) is 3.80. The Morgan fingerprint density at radius 2 is 2.22 bits per heavy atom. The fourth-order valence-electron chi connectivity index (χ4n) is 2.02. The van der Waals surface area contributed by atoms with Crippen molar-refractivity contribution in [3.05, 3.63) is 29.3 Å². The van der Waals surface area contributed by atoms with E-state index in [2.05, 4.69) is 5.32 Å². The van der Waals surface area contributed by atoms with Crippen LogP contribution < -0.4 is 5.32 Å². The Bertz CT molecular complexity index is 401. The van der Waals surface area contributed by atoms with Crippen LogP contribution in [0.5, 0.6) is 0 Å². The Morgan fingerprint density at radius 1 is 1.50 bits per heavy atom. The number of halogens is 1. The van der Waals surface area contributed by atoms with Crippen LogP contribution in [0.2, 0.25) is 5.02 Å². The maximum Gasteiger partial charge on any atom is 0.331 e. The minimum absolute atomic E-state index is 0.131. The molecule has 1 aromatic rings. The van der Waals surface area contributed by atoms with Gasteiger partial charge in [0, 0.05) is 17.3 Å². The summed E-state index contributed by atoms with van der Waals surface area (Å²) in [6, 6.07) is 6.72. The molecule has 98 valence electrons. The van der Waals surface area contributed by atoms with E-state index >= 15 is 0 Å². The van der Waals surface area contributed by atoms with Gasteiger partial charge in [0.25, 0.3) is 0 Å². The van der Waals surface area contributed by atoms with Crippen molar-refractivity contribution in [3.63, 3.8) is 0 Å². The van der Waals surface area contributed by atoms with E-state index in [0.29, 0.717) is 11.6 Å². The number of esters is 1. The first kappa shape index (κ1) is 13.2. The summed E-state index contributed by atoms with van der Waals surface area (Å²) in [5.74, 6) is -0.308. The molecule has 2 atom stereocenters. The number of rotatable bonds is 4. The lowest BCUT2D eigenvalue weighted by Crippen LogP contribution is -2.41. The van der Waals surface area contributed by atoms with Crippen LogP contribution in [0.4, 0.5) is 5.69 Å². The summed E-state index contributed by atoms with van der Waals surface area (Å²) in [5.41, 5.74) is 0.824. The topological polar surface area (TPSA) is 47.6 Å². The zero-order valence-corrected chi connectivity index (χ0v) is 10.9. The molecule has 1 saturated heterocycles. The van der Waals surface area contributed by atoms with E-state index in [1.807, 2.05) is 12.1 Å². The van der Waals surface area contributed by atoms with Crippen molar-refractivity contribution in [1.29, 1.82) is 0 Å². The third-order valence-electron chi connectivity index (χ3n) is 2.96. The van der Waals surface area contributed by atoms with Crippen LogP contribution in [0, 0.1) is 0 Å². The highest BCUT2D eigenvalue weighted by atomic mass is 35.5. The van der Waals surface area contributed by atoms with Crippen LogP contribution >= 0.6 is 11.6 Å². The van der Waals surface area contributed by atoms with Gasteiger partial charge in [0.1, 0.15) is 0 Å². The lowest BCUT2D eigenvalue weighted by molar-refractivity contribution is -0.144. The molecule has 0 saturated carbocycles. The third kappa shape index (κ3) is 3.15. The Morgan fingerprint density at radius 3 is 2.78 bits per heavy atom. The molecule has 0 amide bonds. The molecule has 1 aliphatic rings. The van der Waals surface area contributed by atoms with Crippen molar-refractivity contribution in [1.82, 2.24) is 0 Å². The van der Waals surface area contributed by atoms with Gasteiger partial charge in [0.15, 0.2) is 6.04 Å². The molecule has 0 aromatic heterocycles. The Labute approximate surface area is 111 Å². The summed E-state index contributed by atoms with van der Waals surface area (Å²) in [7, 11) is 1.38. The molecule has 1 fully saturated rings. The molecule has 1 aromatic carbocycles. The molecule has 1 heterocycles. The molecule has 0 radical (unpaired) electrons. The quantitative estimate of drug-likeness (QED) is 0.853. The van der Waals surface area contributed by atoms with Gasteiger partial charge in [0.2, 0.25) is 0 Å². The van der Waals surface area contributed by atoms with E-state index in [0.717, 1.165) is 18.5 Å². The molecular formula is C13H16ClNO3. The number of ether oxygens (including phenoxy) is 2. The van der Waals surface area contributed by atoms with Gasteiger partial charge < -0.3 is 14.8 Å². The van der Waals surface area contributed by atoms with Gasteiger partial charge in [0.05, 0.1) is 13.2 Å². The average molecular weight is 270 g/mol. The van der Waals surface area contributed by atoms with Gasteiger partial charge in [-0.1, -0.05) is 11.6 Å². The van der Waals surface area contributed by atoms with Crippen molar-refractivity contribution in [2.75, 3.05) is 19.0 Å². The fraction of sp³-hybridized carbons (Fsp3) is 0.462. The standard InChI is InChI=1S/C13H16ClNO3/c1-17-13(16)12(11-3-2-8-18-11)15-10-6-4-9(14)5-7-10/h4-7,11-12,15H,2-3,8H2,1H3. The van der Waals surface area contributed by atoms with Crippen molar-refractivity contribution < 1.29 is 14.3 Å². The van der Waals surface area contributed by atoms with E-state index in [1.54, 1.807) is 12.1 Å². The molecule has 5 heteroatoms. The molecule has 1 N–H and O–H groups in total. The Hall–Kier alpha value is -1.26. The number of methoxy groups -OCH3 is 1. The van der Waals surface area contributed by atoms with Crippen LogP contribution in [-0.2, 0) is 14.3 Å². The lowest BCUT2D eigenvalue weighted by atomic mass is 10.1. The molecular weight excluding hydrogens is 254 g/mol. The second-order valence-electron chi connectivity index (χ2n) is 4.20. The highest BCUT2D eigenvalue weighted by Crippen LogP contribution is 2.21. The van der Waals surface area contributed by atoms with Crippen molar-refractivity contribution in [3.8, 4) is 0 Å². The van der Waals surface area contributed by atoms with Gasteiger partial charge in [-0.25, -0.2) is 4.79 Å². The van der Waals surface area contributed by atoms with E-state index in [1.165, 1.54) is 7.11 Å². The Kier molecular flexibility index (Phi) is 4.44. The average Bonchev–Trinajstić information content (AvgIpc) is 2.91. The van der Waals surface area contributed by atoms with Crippen molar-refractivity contribution in [2.24, 2.45) is 0 Å². The summed E-state index contributed by atoms with van der Waals surface area (Å²) < 4.78 is 10.4. The normalized spacial score (nSPS) is 20.4. The fourth-order valence-corrected chi connectivity index (χ4v) is 2.15. The maximum atomic E-state index is 11.8. The monoisotopic (exact) mass is 269 g/mol. The number of anilines is 1. The number of hydrogen-bond donors (Lipinski definition) is 1. The van der Waals surface area contributed by atoms with Gasteiger partial charge in [-0.05, 0) is 37.1 Å². The number of hydrogen-bond acceptors (Lipinski definition) is 4. The van der Waals surface area contributed by atoms with Crippen molar-refractivity contribution >= 4 is 23.3 Å². The first-order valence-corrected chi connectivity index (χ1v) is 6.30. The van der Waals surface area contributed by atoms with Gasteiger partial charge in [-0.3, -0.25) is 0 Å². The lowest BCUT2D eigenvalue weighted by Gasteiger charge is -2.22. The molecule has 0 spiro atoms. The second-order valence-corrected chi connectivity index (χ2v) is 4.64. The van der Waals surface area contributed by atoms with Crippen LogP contribution in [0.1, 0.15) is 12.8 Å². The summed E-state index contributed by atoms with van der Waals surface area (Å²) in [4.78, 5) is 11.8. The molecule has 1 aliphatic heterocycles. The van der Waals surface area contributed by atoms with E-state index in [9.17, 15) is 4.79 Å². The predicted octanol–water partition coefficient (Wildman–Crippen LogP) is 2.47. The highest BCUT2D eigenvalue weighted by molar-refractivity contribution is 6.30. The first-order valence-electron chi connectivity index (χ1n) is 5.92. The van der Waals surface area contributed by atoms with Crippen LogP contribution in [-0.4, -0.2) is 31.8 Å². The minimum Gasteiger partial charge on any atom is -0.467 e. The largest absolute Gasteiger partial charge is 0.467 e. The summed E-state index contributed by atoms with van der Waals surface area (Å²) in [6.07, 6.45) is 1.70. The molecule has 4 nitrogen and oxygen atoms in total. The third-order valence-corrected chi connectivity index (χ3v) is 3.21. The van der Waals surface area contributed by atoms with Crippen LogP contribution in [0.25, 0.3) is 0 Å². The maximum absolute atomic E-state index is 11.8. The molecule has 2 rings (SSSR count). The van der Waals surface area contributed by atoms with Gasteiger partial charge >= 0.3 is 5.97 Å². The molecule has 2 unspecified atom stereocenters. The molecule has 0 bridgehead atoms. The van der Waals surface area contributed by atoms with Crippen molar-refractivity contribution in [2.45, 2.75) is 25.0 Å². The Balaban J connectivity index is 2.09. The number of nitrogens with one attached hydrogen (secondary N) is 1. The van der Waals surface area contributed by atoms with Gasteiger partial charge in [-0.15, -0.1) is 0 Å². The van der Waals surface area contributed by atoms with E-state index in [4.69, 9.17) is 21.1 Å². The second kappa shape index (κ2) is 6.07. The minimum atomic E-state index is -0.473. The highest BCUT2D eigenvalue weighted by Gasteiger charge is 2.32. The predicted molar refractivity (Wildman–Crippen MR) is 69.9 cm³/mol. The number of carbonyl (C=O) groups is 1. The summed E-state index contributed by atoms with van der Waals surface area (Å²) in [6.45, 7) is 0.695. The zero-order valence-electron chi connectivity index (χ0n) is 10.2. The molecule has 0 aliphatic carbocycles. The van der Waals surface area contributed by atoms with E-state index < -0.39 is 6.04 Å². The number of benzene rings is 1. The van der Waals surface area contributed by atoms with Gasteiger partial charge in [-0.2, -0.15) is 0 Å². The molecule has 18 heavy (non-hydrogen) atoms.